The summed E-state index contributed by atoms with van der Waals surface area (Å²) in [6, 6.07) is 6.62. The van der Waals surface area contributed by atoms with Crippen LogP contribution >= 0.6 is 0 Å². The standard InChI is InChI=1S/C20H19F2N5O3S/c1-30-13-6-11-4-5-24-20(18(11)25-9-13)26-12-2-3-15(22)14(7-12)16-10-31(28,29)17(8-21)19(23)27-16/h2-7,9,16-17H,8,10H2,1H3,(H2,23,27)(H,24,26)/t16-,17-/m0/s1. The summed E-state index contributed by atoms with van der Waals surface area (Å²) in [4.78, 5) is 12.7. The molecule has 31 heavy (non-hydrogen) atoms. The van der Waals surface area contributed by atoms with Crippen LogP contribution in [0.4, 0.5) is 20.3 Å². The zero-order valence-electron chi connectivity index (χ0n) is 16.4. The summed E-state index contributed by atoms with van der Waals surface area (Å²) in [5.41, 5.74) is 6.71. The molecule has 0 spiro atoms. The molecular weight excluding hydrogens is 428 g/mol. The van der Waals surface area contributed by atoms with Crippen molar-refractivity contribution in [2.24, 2.45) is 10.7 Å². The normalized spacial score (nSPS) is 20.3. The number of fused-ring (bicyclic) bond motifs is 1. The summed E-state index contributed by atoms with van der Waals surface area (Å²) < 4.78 is 57.4. The number of aromatic nitrogens is 2. The molecule has 0 saturated carbocycles. The van der Waals surface area contributed by atoms with Gasteiger partial charge in [-0.1, -0.05) is 0 Å². The molecule has 0 amide bonds. The number of alkyl halides is 1. The Morgan fingerprint density at radius 2 is 2.06 bits per heavy atom. The monoisotopic (exact) mass is 447 g/mol. The molecule has 162 valence electrons. The van der Waals surface area contributed by atoms with Crippen molar-refractivity contribution < 1.29 is 21.9 Å². The third-order valence-electron chi connectivity index (χ3n) is 5.03. The van der Waals surface area contributed by atoms with E-state index in [4.69, 9.17) is 10.5 Å². The highest BCUT2D eigenvalue weighted by atomic mass is 32.2. The molecule has 0 aliphatic carbocycles. The molecule has 2 atom stereocenters. The van der Waals surface area contributed by atoms with Crippen LogP contribution in [-0.2, 0) is 9.84 Å². The van der Waals surface area contributed by atoms with Gasteiger partial charge >= 0.3 is 0 Å². The van der Waals surface area contributed by atoms with Crippen LogP contribution in [0.15, 0.2) is 47.7 Å². The van der Waals surface area contributed by atoms with Crippen LogP contribution in [0.2, 0.25) is 0 Å². The second kappa shape index (κ2) is 8.06. The third-order valence-corrected chi connectivity index (χ3v) is 7.04. The number of sulfone groups is 1. The third kappa shape index (κ3) is 4.00. The SMILES string of the molecule is COc1cnc2c(Nc3ccc(F)c([C@@H]4CS(=O)(=O)[C@@H](CF)C(N)=N4)c3)nccc2c1. The van der Waals surface area contributed by atoms with Crippen LogP contribution in [0.1, 0.15) is 11.6 Å². The van der Waals surface area contributed by atoms with Crippen molar-refractivity contribution in [3.8, 4) is 5.75 Å². The zero-order valence-corrected chi connectivity index (χ0v) is 17.2. The summed E-state index contributed by atoms with van der Waals surface area (Å²) in [5, 5.41) is 2.37. The molecule has 0 saturated heterocycles. The Labute approximate surface area is 177 Å². The molecule has 11 heteroatoms. The number of methoxy groups -OCH3 is 1. The first kappa shape index (κ1) is 20.9. The lowest BCUT2D eigenvalue weighted by atomic mass is 10.1. The van der Waals surface area contributed by atoms with Gasteiger partial charge < -0.3 is 15.8 Å². The van der Waals surface area contributed by atoms with Crippen molar-refractivity contribution in [3.05, 3.63) is 54.1 Å². The number of pyridine rings is 2. The minimum Gasteiger partial charge on any atom is -0.495 e. The number of hydrogen-bond donors (Lipinski definition) is 2. The topological polar surface area (TPSA) is 120 Å². The zero-order chi connectivity index (χ0) is 22.2. The highest BCUT2D eigenvalue weighted by Crippen LogP contribution is 2.32. The van der Waals surface area contributed by atoms with Gasteiger partial charge in [0.2, 0.25) is 0 Å². The number of nitrogens with two attached hydrogens (primary N) is 1. The number of halogens is 2. The molecule has 0 fully saturated rings. The molecule has 0 radical (unpaired) electrons. The van der Waals surface area contributed by atoms with E-state index < -0.39 is 39.4 Å². The summed E-state index contributed by atoms with van der Waals surface area (Å²) >= 11 is 0. The molecule has 0 unspecified atom stereocenters. The van der Waals surface area contributed by atoms with Gasteiger partial charge in [0.15, 0.2) is 15.7 Å². The number of hydrogen-bond acceptors (Lipinski definition) is 8. The average molecular weight is 447 g/mol. The van der Waals surface area contributed by atoms with Gasteiger partial charge in [0, 0.05) is 22.8 Å². The van der Waals surface area contributed by atoms with E-state index in [0.29, 0.717) is 22.8 Å². The smallest absolute Gasteiger partial charge is 0.165 e. The molecule has 0 bridgehead atoms. The number of nitrogens with zero attached hydrogens (tertiary/aromatic N) is 3. The number of ether oxygens (including phenoxy) is 1. The van der Waals surface area contributed by atoms with Crippen LogP contribution < -0.4 is 15.8 Å². The molecule has 3 aromatic rings. The Kier molecular flexibility index (Phi) is 5.44. The van der Waals surface area contributed by atoms with Gasteiger partial charge in [0.1, 0.15) is 34.8 Å². The largest absolute Gasteiger partial charge is 0.495 e. The molecule has 3 N–H and O–H groups in total. The molecular formula is C20H19F2N5O3S. The van der Waals surface area contributed by atoms with E-state index >= 15 is 0 Å². The van der Waals surface area contributed by atoms with Crippen molar-refractivity contribution in [1.29, 1.82) is 0 Å². The summed E-state index contributed by atoms with van der Waals surface area (Å²) in [5.74, 6) is -0.514. The lowest BCUT2D eigenvalue weighted by Gasteiger charge is -2.25. The first-order valence-electron chi connectivity index (χ1n) is 9.28. The summed E-state index contributed by atoms with van der Waals surface area (Å²) in [6.45, 7) is -1.17. The second-order valence-corrected chi connectivity index (χ2v) is 9.24. The first-order chi connectivity index (χ1) is 14.8. The Morgan fingerprint density at radius 1 is 1.26 bits per heavy atom. The van der Waals surface area contributed by atoms with Crippen LogP contribution in [0.25, 0.3) is 10.9 Å². The van der Waals surface area contributed by atoms with E-state index in [-0.39, 0.29) is 11.4 Å². The first-order valence-corrected chi connectivity index (χ1v) is 11.0. The highest BCUT2D eigenvalue weighted by molar-refractivity contribution is 7.92. The minimum atomic E-state index is -3.90. The van der Waals surface area contributed by atoms with E-state index in [1.165, 1.54) is 18.2 Å². The van der Waals surface area contributed by atoms with Gasteiger partial charge in [0.25, 0.3) is 0 Å². The lowest BCUT2D eigenvalue weighted by Crippen LogP contribution is -2.44. The van der Waals surface area contributed by atoms with Crippen LogP contribution in [0, 0.1) is 5.82 Å². The van der Waals surface area contributed by atoms with Crippen molar-refractivity contribution in [2.75, 3.05) is 24.9 Å². The molecule has 8 nitrogen and oxygen atoms in total. The maximum atomic E-state index is 14.5. The van der Waals surface area contributed by atoms with E-state index in [0.717, 1.165) is 5.39 Å². The molecule has 2 aromatic heterocycles. The van der Waals surface area contributed by atoms with Gasteiger partial charge in [-0.3, -0.25) is 4.99 Å². The van der Waals surface area contributed by atoms with E-state index in [1.54, 1.807) is 31.6 Å². The number of nitrogens with one attached hydrogen (secondary N) is 1. The molecule has 3 heterocycles. The fourth-order valence-corrected chi connectivity index (χ4v) is 4.96. The van der Waals surface area contributed by atoms with Crippen molar-refractivity contribution >= 4 is 38.1 Å². The quantitative estimate of drug-likeness (QED) is 0.617. The number of aliphatic imine (C=N–C) groups is 1. The Morgan fingerprint density at radius 3 is 2.77 bits per heavy atom. The van der Waals surface area contributed by atoms with Crippen LogP contribution in [0.5, 0.6) is 5.75 Å². The van der Waals surface area contributed by atoms with Crippen LogP contribution in [-0.4, -0.2) is 49.0 Å². The van der Waals surface area contributed by atoms with Gasteiger partial charge in [-0.15, -0.1) is 0 Å². The predicted molar refractivity (Wildman–Crippen MR) is 114 cm³/mol. The lowest BCUT2D eigenvalue weighted by molar-refractivity contribution is 0.414. The van der Waals surface area contributed by atoms with Gasteiger partial charge in [-0.2, -0.15) is 0 Å². The van der Waals surface area contributed by atoms with Crippen molar-refractivity contribution in [1.82, 2.24) is 9.97 Å². The Bertz CT molecular complexity index is 1280. The number of anilines is 2. The summed E-state index contributed by atoms with van der Waals surface area (Å²) in [6.07, 6.45) is 3.14. The van der Waals surface area contributed by atoms with E-state index in [9.17, 15) is 17.2 Å². The fraction of sp³-hybridized carbons (Fsp3) is 0.250. The fourth-order valence-electron chi connectivity index (χ4n) is 3.41. The van der Waals surface area contributed by atoms with E-state index in [2.05, 4.69) is 20.3 Å². The predicted octanol–water partition coefficient (Wildman–Crippen LogP) is 2.69. The number of benzene rings is 1. The number of amidine groups is 1. The van der Waals surface area contributed by atoms with Gasteiger partial charge in [-0.05, 0) is 30.3 Å². The second-order valence-electron chi connectivity index (χ2n) is 7.01. The Hall–Kier alpha value is -3.34. The molecule has 1 aliphatic rings. The van der Waals surface area contributed by atoms with Crippen LogP contribution in [0.3, 0.4) is 0 Å². The average Bonchev–Trinajstić information content (AvgIpc) is 2.74. The van der Waals surface area contributed by atoms with Gasteiger partial charge in [0.05, 0.1) is 25.1 Å². The highest BCUT2D eigenvalue weighted by Gasteiger charge is 2.37. The maximum Gasteiger partial charge on any atom is 0.165 e. The van der Waals surface area contributed by atoms with Crippen molar-refractivity contribution in [2.45, 2.75) is 11.3 Å². The Balaban J connectivity index is 1.70. The molecule has 1 aromatic carbocycles. The molecule has 4 rings (SSSR count). The maximum absolute atomic E-state index is 14.5. The number of rotatable bonds is 5. The minimum absolute atomic E-state index is 0.0312. The summed E-state index contributed by atoms with van der Waals surface area (Å²) in [7, 11) is -2.35. The molecule has 1 aliphatic heterocycles. The van der Waals surface area contributed by atoms with Crippen molar-refractivity contribution in [3.63, 3.8) is 0 Å². The van der Waals surface area contributed by atoms with E-state index in [1.807, 2.05) is 0 Å². The van der Waals surface area contributed by atoms with Gasteiger partial charge in [-0.25, -0.2) is 27.2 Å².